The fourth-order valence-corrected chi connectivity index (χ4v) is 3.46. The van der Waals surface area contributed by atoms with Crippen molar-refractivity contribution in [2.75, 3.05) is 32.1 Å². The topological polar surface area (TPSA) is 122 Å². The van der Waals surface area contributed by atoms with E-state index in [9.17, 15) is 24.8 Å². The number of nitrogens with zero attached hydrogens (tertiary/aromatic N) is 2. The normalized spacial score (nSPS) is 18.4. The van der Waals surface area contributed by atoms with Crippen molar-refractivity contribution in [2.45, 2.75) is 6.42 Å². The standard InChI is InChI=1S/C20H21N3O6/c1-29-13-20(19(25)26)9-10-22(12-20)18(24)14-7-8-16(17(11-14)23(27)28)21-15-5-3-2-4-6-15/h2-8,11,21H,9-10,12-13H2,1H3,(H,25,26). The van der Waals surface area contributed by atoms with Crippen molar-refractivity contribution < 1.29 is 24.4 Å². The third kappa shape index (κ3) is 4.19. The van der Waals surface area contributed by atoms with E-state index in [2.05, 4.69) is 5.32 Å². The van der Waals surface area contributed by atoms with Gasteiger partial charge in [-0.25, -0.2) is 0 Å². The van der Waals surface area contributed by atoms with Gasteiger partial charge < -0.3 is 20.1 Å². The van der Waals surface area contributed by atoms with Crippen LogP contribution in [0.2, 0.25) is 0 Å². The molecule has 1 aliphatic heterocycles. The number of rotatable bonds is 7. The Morgan fingerprint density at radius 1 is 1.28 bits per heavy atom. The molecule has 1 fully saturated rings. The van der Waals surface area contributed by atoms with E-state index in [1.54, 1.807) is 24.3 Å². The Balaban J connectivity index is 1.84. The number of carboxylic acid groups (broad SMARTS) is 1. The Kier molecular flexibility index (Phi) is 5.79. The van der Waals surface area contributed by atoms with Crippen LogP contribution in [-0.4, -0.2) is 53.6 Å². The number of carbonyl (C=O) groups is 2. The van der Waals surface area contributed by atoms with Crippen LogP contribution in [0.25, 0.3) is 0 Å². The highest BCUT2D eigenvalue weighted by atomic mass is 16.6. The molecule has 1 amide bonds. The molecule has 2 aromatic rings. The zero-order valence-electron chi connectivity index (χ0n) is 15.8. The van der Waals surface area contributed by atoms with Crippen LogP contribution in [0.5, 0.6) is 0 Å². The number of anilines is 2. The maximum atomic E-state index is 12.9. The van der Waals surface area contributed by atoms with Crippen molar-refractivity contribution >= 4 is 28.9 Å². The predicted molar refractivity (Wildman–Crippen MR) is 105 cm³/mol. The van der Waals surface area contributed by atoms with Crippen LogP contribution in [-0.2, 0) is 9.53 Å². The van der Waals surface area contributed by atoms with E-state index in [1.807, 2.05) is 6.07 Å². The van der Waals surface area contributed by atoms with Gasteiger partial charge in [-0.15, -0.1) is 0 Å². The summed E-state index contributed by atoms with van der Waals surface area (Å²) in [5.41, 5.74) is -0.321. The Morgan fingerprint density at radius 2 is 2.00 bits per heavy atom. The van der Waals surface area contributed by atoms with E-state index in [-0.39, 0.29) is 43.1 Å². The first-order valence-electron chi connectivity index (χ1n) is 8.98. The van der Waals surface area contributed by atoms with Gasteiger partial charge >= 0.3 is 5.97 Å². The second-order valence-electron chi connectivity index (χ2n) is 6.98. The molecule has 0 radical (unpaired) electrons. The highest BCUT2D eigenvalue weighted by Gasteiger charge is 2.46. The fourth-order valence-electron chi connectivity index (χ4n) is 3.46. The Morgan fingerprint density at radius 3 is 2.62 bits per heavy atom. The molecule has 1 atom stereocenters. The van der Waals surface area contributed by atoms with E-state index in [4.69, 9.17) is 4.74 Å². The van der Waals surface area contributed by atoms with Gasteiger partial charge in [0.25, 0.3) is 11.6 Å². The number of nitrogens with one attached hydrogen (secondary N) is 1. The van der Waals surface area contributed by atoms with Crippen LogP contribution in [0.1, 0.15) is 16.8 Å². The molecule has 1 saturated heterocycles. The number of benzene rings is 2. The van der Waals surface area contributed by atoms with Crippen molar-refractivity contribution in [3.05, 3.63) is 64.2 Å². The minimum atomic E-state index is -1.16. The number of hydrogen-bond donors (Lipinski definition) is 2. The number of hydrogen-bond acceptors (Lipinski definition) is 6. The lowest BCUT2D eigenvalue weighted by molar-refractivity contribution is -0.383. The van der Waals surface area contributed by atoms with Gasteiger partial charge in [-0.1, -0.05) is 18.2 Å². The number of nitro benzene ring substituents is 1. The summed E-state index contributed by atoms with van der Waals surface area (Å²) < 4.78 is 5.03. The molecule has 0 bridgehead atoms. The lowest BCUT2D eigenvalue weighted by Crippen LogP contribution is -2.40. The molecule has 0 spiro atoms. The highest BCUT2D eigenvalue weighted by molar-refractivity contribution is 5.96. The number of ether oxygens (including phenoxy) is 1. The molecule has 1 aliphatic rings. The number of likely N-dealkylation sites (tertiary alicyclic amines) is 1. The van der Waals surface area contributed by atoms with Crippen LogP contribution in [0.4, 0.5) is 17.1 Å². The molecule has 1 unspecified atom stereocenters. The Hall–Kier alpha value is -3.46. The Bertz CT molecular complexity index is 933. The van der Waals surface area contributed by atoms with E-state index in [0.717, 1.165) is 0 Å². The number of nitro groups is 1. The largest absolute Gasteiger partial charge is 0.481 e. The van der Waals surface area contributed by atoms with Gasteiger partial charge in [0.15, 0.2) is 0 Å². The summed E-state index contributed by atoms with van der Waals surface area (Å²) in [6, 6.07) is 13.2. The van der Waals surface area contributed by atoms with Gasteiger partial charge in [0.2, 0.25) is 0 Å². The molecule has 0 saturated carbocycles. The SMILES string of the molecule is COCC1(C(=O)O)CCN(C(=O)c2ccc(Nc3ccccc3)c([N+](=O)[O-])c2)C1. The first kappa shape index (κ1) is 20.3. The van der Waals surface area contributed by atoms with Crippen molar-refractivity contribution in [3.8, 4) is 0 Å². The van der Waals surface area contributed by atoms with Crippen molar-refractivity contribution in [1.82, 2.24) is 4.90 Å². The number of carbonyl (C=O) groups excluding carboxylic acids is 1. The summed E-state index contributed by atoms with van der Waals surface area (Å²) in [6.45, 7) is 0.228. The van der Waals surface area contributed by atoms with Crippen LogP contribution >= 0.6 is 0 Å². The van der Waals surface area contributed by atoms with Crippen LogP contribution in [0, 0.1) is 15.5 Å². The molecule has 152 valence electrons. The zero-order chi connectivity index (χ0) is 21.0. The third-order valence-electron chi connectivity index (χ3n) is 5.01. The Labute approximate surface area is 167 Å². The van der Waals surface area contributed by atoms with Gasteiger partial charge in [-0.3, -0.25) is 19.7 Å². The highest BCUT2D eigenvalue weighted by Crippen LogP contribution is 2.34. The summed E-state index contributed by atoms with van der Waals surface area (Å²) in [7, 11) is 1.41. The molecule has 1 heterocycles. The summed E-state index contributed by atoms with van der Waals surface area (Å²) in [6.07, 6.45) is 0.262. The summed E-state index contributed by atoms with van der Waals surface area (Å²) in [4.78, 5) is 36.9. The zero-order valence-corrected chi connectivity index (χ0v) is 15.8. The number of carboxylic acids is 1. The molecule has 29 heavy (non-hydrogen) atoms. The van der Waals surface area contributed by atoms with E-state index >= 15 is 0 Å². The van der Waals surface area contributed by atoms with Gasteiger partial charge in [-0.2, -0.15) is 0 Å². The van der Waals surface area contributed by atoms with Gasteiger partial charge in [-0.05, 0) is 30.7 Å². The minimum absolute atomic E-state index is 0.00712. The lowest BCUT2D eigenvalue weighted by Gasteiger charge is -2.23. The maximum Gasteiger partial charge on any atom is 0.313 e. The third-order valence-corrected chi connectivity index (χ3v) is 5.01. The average Bonchev–Trinajstić information content (AvgIpc) is 3.14. The molecule has 3 rings (SSSR count). The van der Waals surface area contributed by atoms with Crippen molar-refractivity contribution in [1.29, 1.82) is 0 Å². The molecule has 9 nitrogen and oxygen atoms in total. The number of para-hydroxylation sites is 1. The molecule has 9 heteroatoms. The second-order valence-corrected chi connectivity index (χ2v) is 6.98. The summed E-state index contributed by atoms with van der Waals surface area (Å²) in [5, 5.41) is 24.0. The molecule has 0 aromatic heterocycles. The quantitative estimate of drug-likeness (QED) is 0.542. The summed E-state index contributed by atoms with van der Waals surface area (Å²) in [5.74, 6) is -1.47. The van der Waals surface area contributed by atoms with Crippen LogP contribution in [0.3, 0.4) is 0 Å². The number of aliphatic carboxylic acids is 1. The predicted octanol–water partition coefficient (Wildman–Crippen LogP) is 2.90. The number of amides is 1. The molecule has 2 aromatic carbocycles. The van der Waals surface area contributed by atoms with Crippen LogP contribution in [0.15, 0.2) is 48.5 Å². The fraction of sp³-hybridized carbons (Fsp3) is 0.300. The lowest BCUT2D eigenvalue weighted by atomic mass is 9.88. The van der Waals surface area contributed by atoms with Crippen LogP contribution < -0.4 is 5.32 Å². The smallest absolute Gasteiger partial charge is 0.313 e. The maximum absolute atomic E-state index is 12.9. The first-order valence-corrected chi connectivity index (χ1v) is 8.98. The molecular weight excluding hydrogens is 378 g/mol. The second kappa shape index (κ2) is 8.27. The van der Waals surface area contributed by atoms with Crippen molar-refractivity contribution in [3.63, 3.8) is 0 Å². The summed E-state index contributed by atoms with van der Waals surface area (Å²) >= 11 is 0. The van der Waals surface area contributed by atoms with Crippen molar-refractivity contribution in [2.24, 2.45) is 5.41 Å². The molecular formula is C20H21N3O6. The number of methoxy groups -OCH3 is 1. The monoisotopic (exact) mass is 399 g/mol. The van der Waals surface area contributed by atoms with E-state index in [0.29, 0.717) is 5.69 Å². The minimum Gasteiger partial charge on any atom is -0.481 e. The van der Waals surface area contributed by atoms with E-state index in [1.165, 1.54) is 30.2 Å². The first-order chi connectivity index (χ1) is 13.9. The molecule has 2 N–H and O–H groups in total. The molecule has 0 aliphatic carbocycles. The van der Waals surface area contributed by atoms with Gasteiger partial charge in [0.1, 0.15) is 11.1 Å². The average molecular weight is 399 g/mol. The van der Waals surface area contributed by atoms with Gasteiger partial charge in [0, 0.05) is 37.5 Å². The van der Waals surface area contributed by atoms with Gasteiger partial charge in [0.05, 0.1) is 11.5 Å². The van der Waals surface area contributed by atoms with E-state index < -0.39 is 22.2 Å².